The van der Waals surface area contributed by atoms with Gasteiger partial charge < -0.3 is 10.1 Å². The Balaban J connectivity index is 1.97. The fraction of sp³-hybridized carbons (Fsp3) is 0.217. The zero-order valence-corrected chi connectivity index (χ0v) is 18.6. The number of carbonyl (C=O) groups is 2. The van der Waals surface area contributed by atoms with Crippen LogP contribution in [0, 0.1) is 12.7 Å². The fourth-order valence-electron chi connectivity index (χ4n) is 3.09. The van der Waals surface area contributed by atoms with Gasteiger partial charge in [0, 0.05) is 21.8 Å². The Morgan fingerprint density at radius 3 is 2.37 bits per heavy atom. The molecule has 0 radical (unpaired) electrons. The number of anilines is 1. The minimum Gasteiger partial charge on any atom is -0.462 e. The summed E-state index contributed by atoms with van der Waals surface area (Å²) < 4.78 is 18.6. The summed E-state index contributed by atoms with van der Waals surface area (Å²) in [6.07, 6.45) is 2.02. The molecule has 0 saturated heterocycles. The average Bonchev–Trinajstić information content (AvgIpc) is 3.05. The summed E-state index contributed by atoms with van der Waals surface area (Å²) in [6.45, 7) is 3.79. The van der Waals surface area contributed by atoms with Crippen LogP contribution in [0.4, 0.5) is 9.39 Å². The van der Waals surface area contributed by atoms with Gasteiger partial charge in [0.15, 0.2) is 0 Å². The van der Waals surface area contributed by atoms with Crippen LogP contribution in [0.3, 0.4) is 0 Å². The molecule has 1 aromatic heterocycles. The van der Waals surface area contributed by atoms with Gasteiger partial charge in [-0.3, -0.25) is 4.79 Å². The molecular formula is C23H22FNO3S2. The molecule has 1 N–H and O–H groups in total. The van der Waals surface area contributed by atoms with E-state index in [-0.39, 0.29) is 18.3 Å². The van der Waals surface area contributed by atoms with Gasteiger partial charge in [-0.05, 0) is 55.5 Å². The molecule has 0 saturated carbocycles. The highest BCUT2D eigenvalue weighted by atomic mass is 32.2. The second-order valence-corrected chi connectivity index (χ2v) is 8.64. The Hall–Kier alpha value is -2.64. The number of nitrogens with one attached hydrogen (secondary N) is 1. The van der Waals surface area contributed by atoms with Crippen LogP contribution in [0.15, 0.2) is 48.5 Å². The highest BCUT2D eigenvalue weighted by Gasteiger charge is 2.25. The number of amides is 1. The lowest BCUT2D eigenvalue weighted by atomic mass is 10.0. The second-order valence-electron chi connectivity index (χ2n) is 6.55. The quantitative estimate of drug-likeness (QED) is 0.445. The molecular weight excluding hydrogens is 421 g/mol. The number of hydrogen-bond donors (Lipinski definition) is 1. The van der Waals surface area contributed by atoms with Gasteiger partial charge in [-0.2, -0.15) is 11.8 Å². The van der Waals surface area contributed by atoms with E-state index in [1.54, 1.807) is 43.0 Å². The van der Waals surface area contributed by atoms with Crippen molar-refractivity contribution in [1.29, 1.82) is 0 Å². The first-order chi connectivity index (χ1) is 14.4. The van der Waals surface area contributed by atoms with E-state index in [4.69, 9.17) is 4.74 Å². The standard InChI is InChI=1S/C23H22FNO3S2/c1-4-28-23(27)20-19(16-9-11-18(24)12-10-16)14(2)30-22(20)25-21(26)17-7-5-15(6-8-17)13-29-3/h5-12H,4,13H2,1-3H3,(H,25,26). The molecule has 4 nitrogen and oxygen atoms in total. The van der Waals surface area contributed by atoms with Crippen LogP contribution in [0.1, 0.15) is 38.1 Å². The number of thioether (sulfide) groups is 1. The zero-order chi connectivity index (χ0) is 21.7. The first-order valence-corrected chi connectivity index (χ1v) is 11.6. The van der Waals surface area contributed by atoms with Gasteiger partial charge >= 0.3 is 5.97 Å². The van der Waals surface area contributed by atoms with Gasteiger partial charge in [-0.15, -0.1) is 11.3 Å². The zero-order valence-electron chi connectivity index (χ0n) is 17.0. The van der Waals surface area contributed by atoms with E-state index < -0.39 is 5.97 Å². The summed E-state index contributed by atoms with van der Waals surface area (Å²) in [5.41, 5.74) is 3.26. The number of ether oxygens (including phenoxy) is 1. The van der Waals surface area contributed by atoms with Crippen molar-refractivity contribution in [3.8, 4) is 11.1 Å². The Bertz CT molecular complexity index is 1040. The molecule has 0 fully saturated rings. The fourth-order valence-corrected chi connectivity index (χ4v) is 4.67. The number of benzene rings is 2. The third kappa shape index (κ3) is 4.91. The van der Waals surface area contributed by atoms with Crippen molar-refractivity contribution >= 4 is 40.0 Å². The molecule has 0 aliphatic heterocycles. The number of halogens is 1. The Morgan fingerprint density at radius 2 is 1.77 bits per heavy atom. The topological polar surface area (TPSA) is 55.4 Å². The van der Waals surface area contributed by atoms with Crippen molar-refractivity contribution in [1.82, 2.24) is 0 Å². The van der Waals surface area contributed by atoms with E-state index in [2.05, 4.69) is 5.32 Å². The largest absolute Gasteiger partial charge is 0.462 e. The smallest absolute Gasteiger partial charge is 0.341 e. The average molecular weight is 444 g/mol. The van der Waals surface area contributed by atoms with E-state index in [1.807, 2.05) is 25.3 Å². The monoisotopic (exact) mass is 443 g/mol. The van der Waals surface area contributed by atoms with Crippen LogP contribution in [-0.2, 0) is 10.5 Å². The first kappa shape index (κ1) is 22.1. The van der Waals surface area contributed by atoms with E-state index in [1.165, 1.54) is 23.5 Å². The lowest BCUT2D eigenvalue weighted by Crippen LogP contribution is -2.14. The van der Waals surface area contributed by atoms with Crippen LogP contribution in [0.2, 0.25) is 0 Å². The molecule has 3 aromatic rings. The molecule has 0 unspecified atom stereocenters. The Morgan fingerprint density at radius 1 is 1.10 bits per heavy atom. The van der Waals surface area contributed by atoms with E-state index in [9.17, 15) is 14.0 Å². The summed E-state index contributed by atoms with van der Waals surface area (Å²) >= 11 is 3.01. The molecule has 1 amide bonds. The SMILES string of the molecule is CCOC(=O)c1c(NC(=O)c2ccc(CSC)cc2)sc(C)c1-c1ccc(F)cc1. The predicted molar refractivity (Wildman–Crippen MR) is 122 cm³/mol. The van der Waals surface area contributed by atoms with Crippen LogP contribution < -0.4 is 5.32 Å². The van der Waals surface area contributed by atoms with E-state index in [0.717, 1.165) is 16.2 Å². The highest BCUT2D eigenvalue weighted by Crippen LogP contribution is 2.40. The van der Waals surface area contributed by atoms with Gasteiger partial charge in [0.2, 0.25) is 0 Å². The number of thiophene rings is 1. The molecule has 7 heteroatoms. The van der Waals surface area contributed by atoms with Crippen LogP contribution in [0.5, 0.6) is 0 Å². The van der Waals surface area contributed by atoms with Crippen molar-refractivity contribution in [2.45, 2.75) is 19.6 Å². The predicted octanol–water partition coefficient (Wildman–Crippen LogP) is 6.15. The maximum absolute atomic E-state index is 13.4. The lowest BCUT2D eigenvalue weighted by molar-refractivity contribution is 0.0529. The van der Waals surface area contributed by atoms with Gasteiger partial charge in [0.1, 0.15) is 16.4 Å². The van der Waals surface area contributed by atoms with E-state index >= 15 is 0 Å². The van der Waals surface area contributed by atoms with Crippen molar-refractivity contribution in [3.05, 3.63) is 75.9 Å². The van der Waals surface area contributed by atoms with Gasteiger partial charge in [0.25, 0.3) is 5.91 Å². The van der Waals surface area contributed by atoms with Crippen molar-refractivity contribution in [3.63, 3.8) is 0 Å². The minimum atomic E-state index is -0.521. The summed E-state index contributed by atoms with van der Waals surface area (Å²) in [7, 11) is 0. The maximum Gasteiger partial charge on any atom is 0.341 e. The lowest BCUT2D eigenvalue weighted by Gasteiger charge is -2.09. The molecule has 1 heterocycles. The number of hydrogen-bond acceptors (Lipinski definition) is 5. The summed E-state index contributed by atoms with van der Waals surface area (Å²) in [5, 5.41) is 3.28. The molecule has 3 rings (SSSR count). The molecule has 0 atom stereocenters. The number of aryl methyl sites for hydroxylation is 1. The highest BCUT2D eigenvalue weighted by molar-refractivity contribution is 7.97. The molecule has 2 aromatic carbocycles. The molecule has 0 aliphatic carbocycles. The van der Waals surface area contributed by atoms with Gasteiger partial charge in [-0.1, -0.05) is 24.3 Å². The van der Waals surface area contributed by atoms with Crippen molar-refractivity contribution in [2.24, 2.45) is 0 Å². The van der Waals surface area contributed by atoms with Gasteiger partial charge in [-0.25, -0.2) is 9.18 Å². The van der Waals surface area contributed by atoms with Gasteiger partial charge in [0.05, 0.1) is 6.61 Å². The molecule has 156 valence electrons. The number of rotatable bonds is 7. The third-order valence-corrected chi connectivity index (χ3v) is 6.09. The number of esters is 1. The molecule has 0 bridgehead atoms. The molecule has 0 aliphatic rings. The second kappa shape index (κ2) is 9.91. The normalized spacial score (nSPS) is 10.7. The molecule has 0 spiro atoms. The summed E-state index contributed by atoms with van der Waals surface area (Å²) in [6, 6.07) is 13.3. The maximum atomic E-state index is 13.4. The van der Waals surface area contributed by atoms with Crippen molar-refractivity contribution < 1.29 is 18.7 Å². The molecule has 30 heavy (non-hydrogen) atoms. The Labute approximate surface area is 183 Å². The third-order valence-electron chi connectivity index (χ3n) is 4.45. The van der Waals surface area contributed by atoms with Crippen LogP contribution in [0.25, 0.3) is 11.1 Å². The van der Waals surface area contributed by atoms with Crippen LogP contribution >= 0.6 is 23.1 Å². The minimum absolute atomic E-state index is 0.209. The Kier molecular flexibility index (Phi) is 7.29. The number of carbonyl (C=O) groups excluding carboxylic acids is 2. The van der Waals surface area contributed by atoms with E-state index in [0.29, 0.717) is 27.3 Å². The summed E-state index contributed by atoms with van der Waals surface area (Å²) in [4.78, 5) is 26.4. The summed E-state index contributed by atoms with van der Waals surface area (Å²) in [5.74, 6) is -0.308. The first-order valence-electron chi connectivity index (χ1n) is 9.40. The van der Waals surface area contributed by atoms with Crippen LogP contribution in [-0.4, -0.2) is 24.7 Å². The van der Waals surface area contributed by atoms with Crippen molar-refractivity contribution in [2.75, 3.05) is 18.2 Å².